The summed E-state index contributed by atoms with van der Waals surface area (Å²) in [5, 5.41) is 0. The second-order valence-electron chi connectivity index (χ2n) is 3.42. The molecular weight excluding hydrogens is 204 g/mol. The van der Waals surface area contributed by atoms with Crippen LogP contribution in [0.1, 0.15) is 35.5 Å². The summed E-state index contributed by atoms with van der Waals surface area (Å²) < 4.78 is 0. The third-order valence-corrected chi connectivity index (χ3v) is 2.37. The van der Waals surface area contributed by atoms with Gasteiger partial charge >= 0.3 is 0 Å². The minimum atomic E-state index is -0.234. The number of carbonyl (C=O) groups is 2. The molecule has 0 saturated heterocycles. The lowest BCUT2D eigenvalue weighted by Crippen LogP contribution is -2.39. The van der Waals surface area contributed by atoms with Gasteiger partial charge in [0.05, 0.1) is 6.42 Å². The summed E-state index contributed by atoms with van der Waals surface area (Å²) in [7, 11) is 1.50. The largest absolute Gasteiger partial charge is 0.281 e. The summed E-state index contributed by atoms with van der Waals surface area (Å²) in [5.41, 5.74) is 2.11. The van der Waals surface area contributed by atoms with Gasteiger partial charge in [-0.05, 0) is 18.6 Å². The molecule has 0 radical (unpaired) electrons. The standard InChI is InChI=1S/C10H10N2O2.C2H6/c1-6-3-8-7(5-11-6)4-9(13)12(2)10(8)14;1-2/h3,5H,4H2,1-2H3;1-2H3. The Kier molecular flexibility index (Phi) is 3.77. The SMILES string of the molecule is CC.Cc1cc2c(cn1)CC(=O)N(C)C2=O. The maximum atomic E-state index is 11.7. The van der Waals surface area contributed by atoms with E-state index in [0.29, 0.717) is 5.56 Å². The molecular formula is C12H16N2O2. The van der Waals surface area contributed by atoms with Crippen LogP contribution in [0.5, 0.6) is 0 Å². The molecule has 0 fully saturated rings. The third-order valence-electron chi connectivity index (χ3n) is 2.37. The molecule has 16 heavy (non-hydrogen) atoms. The summed E-state index contributed by atoms with van der Waals surface area (Å²) in [6, 6.07) is 1.72. The number of nitrogens with zero attached hydrogens (tertiary/aromatic N) is 2. The van der Waals surface area contributed by atoms with Gasteiger partial charge < -0.3 is 0 Å². The Morgan fingerprint density at radius 2 is 1.94 bits per heavy atom. The maximum Gasteiger partial charge on any atom is 0.260 e. The van der Waals surface area contributed by atoms with Crippen LogP contribution in [-0.4, -0.2) is 28.7 Å². The van der Waals surface area contributed by atoms with Gasteiger partial charge in [-0.1, -0.05) is 13.8 Å². The molecule has 86 valence electrons. The number of aryl methyl sites for hydroxylation is 1. The summed E-state index contributed by atoms with van der Waals surface area (Å²) in [5.74, 6) is -0.407. The molecule has 4 nitrogen and oxygen atoms in total. The number of hydrogen-bond donors (Lipinski definition) is 0. The number of rotatable bonds is 0. The number of likely N-dealkylation sites (N-methyl/N-ethyl adjacent to an activating group) is 1. The van der Waals surface area contributed by atoms with Gasteiger partial charge in [-0.15, -0.1) is 0 Å². The highest BCUT2D eigenvalue weighted by molar-refractivity contribution is 6.09. The first kappa shape index (κ1) is 12.4. The predicted molar refractivity (Wildman–Crippen MR) is 61.1 cm³/mol. The molecule has 0 atom stereocenters. The topological polar surface area (TPSA) is 50.3 Å². The maximum absolute atomic E-state index is 11.7. The lowest BCUT2D eigenvalue weighted by molar-refractivity contribution is -0.127. The van der Waals surface area contributed by atoms with Gasteiger partial charge in [0.2, 0.25) is 5.91 Å². The molecule has 2 amide bonds. The summed E-state index contributed by atoms with van der Waals surface area (Å²) in [6.07, 6.45) is 1.87. The van der Waals surface area contributed by atoms with Crippen molar-refractivity contribution in [2.24, 2.45) is 0 Å². The van der Waals surface area contributed by atoms with Gasteiger partial charge in [0.1, 0.15) is 0 Å². The number of amides is 2. The molecule has 0 aliphatic carbocycles. The molecule has 2 rings (SSSR count). The molecule has 1 aliphatic rings. The summed E-state index contributed by atoms with van der Waals surface area (Å²) >= 11 is 0. The molecule has 0 bridgehead atoms. The normalized spacial score (nSPS) is 14.1. The average molecular weight is 220 g/mol. The fourth-order valence-electron chi connectivity index (χ4n) is 1.50. The van der Waals surface area contributed by atoms with Crippen LogP contribution < -0.4 is 0 Å². The quantitative estimate of drug-likeness (QED) is 0.623. The van der Waals surface area contributed by atoms with Crippen LogP contribution in [0.4, 0.5) is 0 Å². The molecule has 1 aromatic heterocycles. The highest BCUT2D eigenvalue weighted by atomic mass is 16.2. The predicted octanol–water partition coefficient (Wildman–Crippen LogP) is 1.57. The second-order valence-corrected chi connectivity index (χ2v) is 3.42. The number of hydrogen-bond acceptors (Lipinski definition) is 3. The Bertz CT molecular complexity index is 427. The first-order chi connectivity index (χ1) is 7.59. The number of aromatic nitrogens is 1. The van der Waals surface area contributed by atoms with E-state index in [2.05, 4.69) is 4.98 Å². The van der Waals surface area contributed by atoms with E-state index < -0.39 is 0 Å². The molecule has 0 unspecified atom stereocenters. The molecule has 1 aromatic rings. The molecule has 4 heteroatoms. The Balaban J connectivity index is 0.000000606. The molecule has 0 spiro atoms. The van der Waals surface area contributed by atoms with Crippen LogP contribution in [-0.2, 0) is 11.2 Å². The van der Waals surface area contributed by atoms with E-state index in [1.54, 1.807) is 12.3 Å². The zero-order valence-electron chi connectivity index (χ0n) is 10.1. The monoisotopic (exact) mass is 220 g/mol. The Morgan fingerprint density at radius 1 is 1.31 bits per heavy atom. The van der Waals surface area contributed by atoms with Gasteiger partial charge in [0.25, 0.3) is 5.91 Å². The minimum Gasteiger partial charge on any atom is -0.281 e. The van der Waals surface area contributed by atoms with Crippen molar-refractivity contribution in [2.75, 3.05) is 7.05 Å². The summed E-state index contributed by atoms with van der Waals surface area (Å²) in [6.45, 7) is 5.82. The molecule has 1 aliphatic heterocycles. The van der Waals surface area contributed by atoms with Gasteiger partial charge in [-0.25, -0.2) is 0 Å². The fraction of sp³-hybridized carbons (Fsp3) is 0.417. The van der Waals surface area contributed by atoms with Crippen LogP contribution in [0, 0.1) is 6.92 Å². The Labute approximate surface area is 95.3 Å². The van der Waals surface area contributed by atoms with Gasteiger partial charge in [-0.3, -0.25) is 19.5 Å². The number of fused-ring (bicyclic) bond motifs is 1. The van der Waals surface area contributed by atoms with Crippen molar-refractivity contribution in [3.8, 4) is 0 Å². The first-order valence-electron chi connectivity index (χ1n) is 5.36. The minimum absolute atomic E-state index is 0.173. The number of imide groups is 1. The van der Waals surface area contributed by atoms with Crippen LogP contribution in [0.3, 0.4) is 0 Å². The molecule has 0 aromatic carbocycles. The van der Waals surface area contributed by atoms with Gasteiger partial charge in [-0.2, -0.15) is 0 Å². The van der Waals surface area contributed by atoms with Crippen LogP contribution in [0.15, 0.2) is 12.3 Å². The van der Waals surface area contributed by atoms with E-state index in [-0.39, 0.29) is 18.2 Å². The van der Waals surface area contributed by atoms with Crippen LogP contribution in [0.25, 0.3) is 0 Å². The van der Waals surface area contributed by atoms with E-state index in [1.165, 1.54) is 7.05 Å². The summed E-state index contributed by atoms with van der Waals surface area (Å²) in [4.78, 5) is 28.2. The number of carbonyl (C=O) groups excluding carboxylic acids is 2. The lowest BCUT2D eigenvalue weighted by Gasteiger charge is -2.22. The van der Waals surface area contributed by atoms with Crippen molar-refractivity contribution >= 4 is 11.8 Å². The molecule has 0 N–H and O–H groups in total. The van der Waals surface area contributed by atoms with E-state index in [0.717, 1.165) is 16.2 Å². The highest BCUT2D eigenvalue weighted by Crippen LogP contribution is 2.18. The molecule has 2 heterocycles. The van der Waals surface area contributed by atoms with Crippen molar-refractivity contribution in [1.82, 2.24) is 9.88 Å². The van der Waals surface area contributed by atoms with Crippen LogP contribution in [0.2, 0.25) is 0 Å². The third kappa shape index (κ3) is 2.10. The van der Waals surface area contributed by atoms with Gasteiger partial charge in [0.15, 0.2) is 0 Å². The van der Waals surface area contributed by atoms with Crippen LogP contribution >= 0.6 is 0 Å². The second kappa shape index (κ2) is 4.88. The smallest absolute Gasteiger partial charge is 0.260 e. The van der Waals surface area contributed by atoms with E-state index in [1.807, 2.05) is 20.8 Å². The lowest BCUT2D eigenvalue weighted by atomic mass is 10.0. The van der Waals surface area contributed by atoms with Crippen molar-refractivity contribution in [2.45, 2.75) is 27.2 Å². The van der Waals surface area contributed by atoms with Crippen molar-refractivity contribution < 1.29 is 9.59 Å². The van der Waals surface area contributed by atoms with Crippen molar-refractivity contribution in [1.29, 1.82) is 0 Å². The van der Waals surface area contributed by atoms with E-state index >= 15 is 0 Å². The van der Waals surface area contributed by atoms with E-state index in [4.69, 9.17) is 0 Å². The Morgan fingerprint density at radius 3 is 2.56 bits per heavy atom. The highest BCUT2D eigenvalue weighted by Gasteiger charge is 2.27. The zero-order chi connectivity index (χ0) is 12.3. The van der Waals surface area contributed by atoms with Gasteiger partial charge in [0, 0.05) is 24.5 Å². The van der Waals surface area contributed by atoms with E-state index in [9.17, 15) is 9.59 Å². The average Bonchev–Trinajstić information content (AvgIpc) is 2.30. The number of pyridine rings is 1. The first-order valence-corrected chi connectivity index (χ1v) is 5.36. The van der Waals surface area contributed by atoms with Crippen molar-refractivity contribution in [3.63, 3.8) is 0 Å². The molecule has 0 saturated carbocycles. The zero-order valence-corrected chi connectivity index (χ0v) is 10.1. The van der Waals surface area contributed by atoms with Crippen molar-refractivity contribution in [3.05, 3.63) is 29.1 Å². The Hall–Kier alpha value is -1.71. The fourth-order valence-corrected chi connectivity index (χ4v) is 1.50.